The predicted molar refractivity (Wildman–Crippen MR) is 79.8 cm³/mol. The molecular weight excluding hydrogens is 266 g/mol. The van der Waals surface area contributed by atoms with E-state index in [-0.39, 0.29) is 11.5 Å². The molecule has 4 heteroatoms. The van der Waals surface area contributed by atoms with Crippen molar-refractivity contribution in [2.75, 3.05) is 7.11 Å². The van der Waals surface area contributed by atoms with E-state index in [1.807, 2.05) is 6.07 Å². The topological polar surface area (TPSA) is 59.4 Å². The summed E-state index contributed by atoms with van der Waals surface area (Å²) >= 11 is 0. The first-order chi connectivity index (χ1) is 10.2. The number of ether oxygens (including phenoxy) is 1. The monoisotopic (exact) mass is 279 g/mol. The molecule has 0 atom stereocenters. The van der Waals surface area contributed by atoms with Crippen LogP contribution < -0.4 is 4.74 Å². The summed E-state index contributed by atoms with van der Waals surface area (Å²) in [6, 6.07) is 13.9. The highest BCUT2D eigenvalue weighted by atomic mass is 16.5. The molecule has 0 bridgehead atoms. The van der Waals surface area contributed by atoms with Crippen LogP contribution in [0.5, 0.6) is 11.5 Å². The van der Waals surface area contributed by atoms with Gasteiger partial charge in [-0.05, 0) is 23.6 Å². The number of phenolic OH excluding ortho intramolecular Hbond substituents is 1. The molecule has 3 aromatic rings. The Kier molecular flexibility index (Phi) is 3.28. The Balaban J connectivity index is 2.19. The van der Waals surface area contributed by atoms with E-state index < -0.39 is 0 Å². The van der Waals surface area contributed by atoms with E-state index in [2.05, 4.69) is 4.98 Å². The molecule has 2 aromatic carbocycles. The summed E-state index contributed by atoms with van der Waals surface area (Å²) in [7, 11) is 1.48. The molecule has 21 heavy (non-hydrogen) atoms. The molecule has 0 aliphatic rings. The number of carbonyl (C=O) groups excluding carboxylic acids is 1. The highest BCUT2D eigenvalue weighted by molar-refractivity contribution is 6.15. The van der Waals surface area contributed by atoms with Crippen LogP contribution in [0.3, 0.4) is 0 Å². The number of hydrogen-bond donors (Lipinski definition) is 1. The number of aromatic nitrogens is 1. The lowest BCUT2D eigenvalue weighted by atomic mass is 10.0. The van der Waals surface area contributed by atoms with Crippen molar-refractivity contribution in [2.24, 2.45) is 0 Å². The summed E-state index contributed by atoms with van der Waals surface area (Å²) in [5.41, 5.74) is 0.879. The van der Waals surface area contributed by atoms with E-state index in [4.69, 9.17) is 4.74 Å². The van der Waals surface area contributed by atoms with Gasteiger partial charge in [-0.15, -0.1) is 0 Å². The van der Waals surface area contributed by atoms with Crippen molar-refractivity contribution in [3.63, 3.8) is 0 Å². The van der Waals surface area contributed by atoms with Crippen molar-refractivity contribution in [1.29, 1.82) is 0 Å². The third-order valence-corrected chi connectivity index (χ3v) is 3.31. The van der Waals surface area contributed by atoms with E-state index in [1.54, 1.807) is 42.6 Å². The van der Waals surface area contributed by atoms with Crippen molar-refractivity contribution in [3.8, 4) is 11.5 Å². The number of aromatic hydroxyl groups is 1. The van der Waals surface area contributed by atoms with Crippen LogP contribution in [0.15, 0.2) is 54.7 Å². The smallest absolute Gasteiger partial charge is 0.211 e. The number of pyridine rings is 1. The van der Waals surface area contributed by atoms with Crippen LogP contribution in [0.1, 0.15) is 16.1 Å². The molecule has 1 heterocycles. The SMILES string of the molecule is COc1cc2ccnc(C(=O)c3ccccc3)c2cc1O. The Labute approximate surface area is 121 Å². The van der Waals surface area contributed by atoms with Crippen LogP contribution in [0.2, 0.25) is 0 Å². The van der Waals surface area contributed by atoms with Gasteiger partial charge >= 0.3 is 0 Å². The Morgan fingerprint density at radius 3 is 2.62 bits per heavy atom. The summed E-state index contributed by atoms with van der Waals surface area (Å²) in [4.78, 5) is 16.7. The predicted octanol–water partition coefficient (Wildman–Crippen LogP) is 3.18. The number of nitrogens with zero attached hydrogens (tertiary/aromatic N) is 1. The number of benzene rings is 2. The maximum atomic E-state index is 12.6. The van der Waals surface area contributed by atoms with Gasteiger partial charge in [-0.2, -0.15) is 0 Å². The van der Waals surface area contributed by atoms with E-state index in [9.17, 15) is 9.90 Å². The van der Waals surface area contributed by atoms with Gasteiger partial charge < -0.3 is 9.84 Å². The second-order valence-electron chi connectivity index (χ2n) is 4.60. The molecule has 104 valence electrons. The minimum absolute atomic E-state index is 0.0138. The molecule has 0 amide bonds. The number of hydrogen-bond acceptors (Lipinski definition) is 4. The lowest BCUT2D eigenvalue weighted by molar-refractivity contribution is 0.103. The summed E-state index contributed by atoms with van der Waals surface area (Å²) in [6.07, 6.45) is 1.58. The Bertz CT molecular complexity index is 813. The Hall–Kier alpha value is -2.88. The Morgan fingerprint density at radius 1 is 1.14 bits per heavy atom. The first kappa shape index (κ1) is 13.1. The number of phenols is 1. The highest BCUT2D eigenvalue weighted by Gasteiger charge is 2.15. The number of carbonyl (C=O) groups is 1. The van der Waals surface area contributed by atoms with Gasteiger partial charge in [-0.25, -0.2) is 0 Å². The summed E-state index contributed by atoms with van der Waals surface area (Å²) in [5, 5.41) is 11.3. The minimum Gasteiger partial charge on any atom is -0.504 e. The molecule has 0 aliphatic carbocycles. The average Bonchev–Trinajstić information content (AvgIpc) is 2.54. The number of ketones is 1. The molecule has 0 unspecified atom stereocenters. The minimum atomic E-state index is -0.175. The quantitative estimate of drug-likeness (QED) is 0.748. The van der Waals surface area contributed by atoms with Crippen molar-refractivity contribution < 1.29 is 14.6 Å². The zero-order chi connectivity index (χ0) is 14.8. The highest BCUT2D eigenvalue weighted by Crippen LogP contribution is 2.32. The van der Waals surface area contributed by atoms with Gasteiger partial charge in [0.05, 0.1) is 7.11 Å². The molecule has 0 aliphatic heterocycles. The standard InChI is InChI=1S/C17H13NO3/c1-21-15-9-12-7-8-18-16(13(12)10-14(15)19)17(20)11-5-3-2-4-6-11/h2-10,19H,1H3. The summed E-state index contributed by atoms with van der Waals surface area (Å²) in [5.74, 6) is 0.178. The van der Waals surface area contributed by atoms with Gasteiger partial charge in [-0.1, -0.05) is 30.3 Å². The normalized spacial score (nSPS) is 10.5. The molecule has 1 N–H and O–H groups in total. The number of fused-ring (bicyclic) bond motifs is 1. The van der Waals surface area contributed by atoms with Crippen molar-refractivity contribution in [1.82, 2.24) is 4.98 Å². The summed E-state index contributed by atoms with van der Waals surface area (Å²) < 4.78 is 5.08. The van der Waals surface area contributed by atoms with Gasteiger partial charge in [0, 0.05) is 17.1 Å². The first-order valence-corrected chi connectivity index (χ1v) is 6.46. The molecule has 0 saturated heterocycles. The maximum Gasteiger partial charge on any atom is 0.211 e. The van der Waals surface area contributed by atoms with Gasteiger partial charge in [0.1, 0.15) is 5.69 Å². The molecule has 4 nitrogen and oxygen atoms in total. The van der Waals surface area contributed by atoms with Gasteiger partial charge in [-0.3, -0.25) is 9.78 Å². The van der Waals surface area contributed by atoms with Crippen molar-refractivity contribution >= 4 is 16.6 Å². The number of rotatable bonds is 3. The fourth-order valence-corrected chi connectivity index (χ4v) is 2.26. The largest absolute Gasteiger partial charge is 0.504 e. The fraction of sp³-hybridized carbons (Fsp3) is 0.0588. The molecular formula is C17H13NO3. The Morgan fingerprint density at radius 2 is 1.90 bits per heavy atom. The zero-order valence-electron chi connectivity index (χ0n) is 11.4. The van der Waals surface area contributed by atoms with Gasteiger partial charge in [0.25, 0.3) is 0 Å². The molecule has 0 fully saturated rings. The third kappa shape index (κ3) is 2.31. The zero-order valence-corrected chi connectivity index (χ0v) is 11.4. The lowest BCUT2D eigenvalue weighted by Crippen LogP contribution is -2.04. The summed E-state index contributed by atoms with van der Waals surface area (Å²) in [6.45, 7) is 0. The van der Waals surface area contributed by atoms with Crippen LogP contribution in [0.4, 0.5) is 0 Å². The molecule has 0 radical (unpaired) electrons. The maximum absolute atomic E-state index is 12.6. The molecule has 3 rings (SSSR count). The van der Waals surface area contributed by atoms with Gasteiger partial charge in [0.2, 0.25) is 5.78 Å². The van der Waals surface area contributed by atoms with Gasteiger partial charge in [0.15, 0.2) is 11.5 Å². The van der Waals surface area contributed by atoms with Crippen LogP contribution >= 0.6 is 0 Å². The molecule has 0 spiro atoms. The van der Waals surface area contributed by atoms with Crippen LogP contribution in [-0.2, 0) is 0 Å². The average molecular weight is 279 g/mol. The third-order valence-electron chi connectivity index (χ3n) is 3.31. The lowest BCUT2D eigenvalue weighted by Gasteiger charge is -2.08. The van der Waals surface area contributed by atoms with Crippen LogP contribution in [-0.4, -0.2) is 23.0 Å². The molecule has 1 aromatic heterocycles. The van der Waals surface area contributed by atoms with E-state index in [1.165, 1.54) is 13.2 Å². The van der Waals surface area contributed by atoms with Crippen molar-refractivity contribution in [3.05, 3.63) is 66.0 Å². The van der Waals surface area contributed by atoms with E-state index in [0.29, 0.717) is 22.4 Å². The van der Waals surface area contributed by atoms with E-state index >= 15 is 0 Å². The van der Waals surface area contributed by atoms with E-state index in [0.717, 1.165) is 5.39 Å². The molecule has 0 saturated carbocycles. The second-order valence-corrected chi connectivity index (χ2v) is 4.60. The van der Waals surface area contributed by atoms with Crippen molar-refractivity contribution in [2.45, 2.75) is 0 Å². The fourth-order valence-electron chi connectivity index (χ4n) is 2.26. The van der Waals surface area contributed by atoms with Crippen LogP contribution in [0.25, 0.3) is 10.8 Å². The number of methoxy groups -OCH3 is 1. The first-order valence-electron chi connectivity index (χ1n) is 6.46. The van der Waals surface area contributed by atoms with Crippen LogP contribution in [0, 0.1) is 0 Å². The second kappa shape index (κ2) is 5.25.